The summed E-state index contributed by atoms with van der Waals surface area (Å²) in [6.45, 7) is 9.17. The Bertz CT molecular complexity index is 335. The standard InChI is InChI=1S/C14H24N2S/c1-3-13-7-8-14(17-13)11-15-10-12-6-5-9-16(12)4-2/h7-8,12,15H,3-6,9-11H2,1-2H3. The van der Waals surface area contributed by atoms with E-state index >= 15 is 0 Å². The average Bonchev–Trinajstić information content (AvgIpc) is 2.97. The lowest BCUT2D eigenvalue weighted by Crippen LogP contribution is -2.37. The van der Waals surface area contributed by atoms with E-state index in [2.05, 4.69) is 36.2 Å². The van der Waals surface area contributed by atoms with Gasteiger partial charge < -0.3 is 5.32 Å². The first-order valence-corrected chi connectivity index (χ1v) is 7.67. The fraction of sp³-hybridized carbons (Fsp3) is 0.714. The number of nitrogens with zero attached hydrogens (tertiary/aromatic N) is 1. The number of nitrogens with one attached hydrogen (secondary N) is 1. The monoisotopic (exact) mass is 252 g/mol. The Morgan fingerprint density at radius 3 is 2.88 bits per heavy atom. The molecular weight excluding hydrogens is 228 g/mol. The predicted octanol–water partition coefficient (Wildman–Crippen LogP) is 2.88. The van der Waals surface area contributed by atoms with Crippen LogP contribution in [-0.4, -0.2) is 30.6 Å². The van der Waals surface area contributed by atoms with Crippen LogP contribution >= 0.6 is 11.3 Å². The van der Waals surface area contributed by atoms with E-state index in [1.165, 1.54) is 35.7 Å². The maximum absolute atomic E-state index is 3.61. The Morgan fingerprint density at radius 2 is 2.18 bits per heavy atom. The van der Waals surface area contributed by atoms with Crippen LogP contribution in [0, 0.1) is 0 Å². The van der Waals surface area contributed by atoms with Crippen molar-refractivity contribution in [2.45, 2.75) is 45.7 Å². The zero-order valence-electron chi connectivity index (χ0n) is 11.0. The minimum Gasteiger partial charge on any atom is -0.310 e. The summed E-state index contributed by atoms with van der Waals surface area (Å²) in [5.41, 5.74) is 0. The van der Waals surface area contributed by atoms with Crippen LogP contribution in [0.25, 0.3) is 0 Å². The molecule has 96 valence electrons. The molecule has 1 fully saturated rings. The van der Waals surface area contributed by atoms with Crippen molar-refractivity contribution in [3.63, 3.8) is 0 Å². The van der Waals surface area contributed by atoms with Gasteiger partial charge in [-0.25, -0.2) is 0 Å². The van der Waals surface area contributed by atoms with Crippen LogP contribution in [0.3, 0.4) is 0 Å². The number of aryl methyl sites for hydroxylation is 1. The third-order valence-corrected chi connectivity index (χ3v) is 4.88. The topological polar surface area (TPSA) is 15.3 Å². The Morgan fingerprint density at radius 1 is 1.35 bits per heavy atom. The summed E-state index contributed by atoms with van der Waals surface area (Å²) >= 11 is 1.95. The van der Waals surface area contributed by atoms with Gasteiger partial charge >= 0.3 is 0 Å². The van der Waals surface area contributed by atoms with E-state index in [0.717, 1.165) is 25.6 Å². The number of hydrogen-bond acceptors (Lipinski definition) is 3. The van der Waals surface area contributed by atoms with E-state index in [9.17, 15) is 0 Å². The molecule has 1 saturated heterocycles. The van der Waals surface area contributed by atoms with Crippen molar-refractivity contribution >= 4 is 11.3 Å². The molecule has 2 nitrogen and oxygen atoms in total. The highest BCUT2D eigenvalue weighted by Crippen LogP contribution is 2.18. The Kier molecular flexibility index (Phi) is 5.01. The molecule has 0 spiro atoms. The van der Waals surface area contributed by atoms with Gasteiger partial charge in [-0.3, -0.25) is 4.90 Å². The quantitative estimate of drug-likeness (QED) is 0.837. The number of rotatable bonds is 6. The van der Waals surface area contributed by atoms with E-state index in [1.54, 1.807) is 0 Å². The van der Waals surface area contributed by atoms with Crippen LogP contribution in [-0.2, 0) is 13.0 Å². The molecule has 3 heteroatoms. The summed E-state index contributed by atoms with van der Waals surface area (Å²) in [7, 11) is 0. The number of hydrogen-bond donors (Lipinski definition) is 1. The van der Waals surface area contributed by atoms with Crippen molar-refractivity contribution in [1.82, 2.24) is 10.2 Å². The molecule has 1 aromatic rings. The van der Waals surface area contributed by atoms with Gasteiger partial charge in [0.05, 0.1) is 0 Å². The van der Waals surface area contributed by atoms with Crippen LogP contribution in [0.15, 0.2) is 12.1 Å². The zero-order chi connectivity index (χ0) is 12.1. The van der Waals surface area contributed by atoms with Gasteiger partial charge in [-0.1, -0.05) is 13.8 Å². The molecule has 0 saturated carbocycles. The highest BCUT2D eigenvalue weighted by molar-refractivity contribution is 7.11. The largest absolute Gasteiger partial charge is 0.310 e. The van der Waals surface area contributed by atoms with Crippen molar-refractivity contribution in [3.05, 3.63) is 21.9 Å². The lowest BCUT2D eigenvalue weighted by Gasteiger charge is -2.22. The van der Waals surface area contributed by atoms with Gasteiger partial charge in [0.25, 0.3) is 0 Å². The molecule has 0 radical (unpaired) electrons. The lowest BCUT2D eigenvalue weighted by atomic mass is 10.2. The van der Waals surface area contributed by atoms with Gasteiger partial charge in [-0.2, -0.15) is 0 Å². The molecule has 0 aromatic carbocycles. The van der Waals surface area contributed by atoms with Crippen LogP contribution < -0.4 is 5.32 Å². The second-order valence-corrected chi connectivity index (χ2v) is 6.03. The second kappa shape index (κ2) is 6.53. The Labute approximate surface area is 109 Å². The van der Waals surface area contributed by atoms with E-state index in [0.29, 0.717) is 0 Å². The molecule has 0 aliphatic carbocycles. The van der Waals surface area contributed by atoms with Crippen LogP contribution in [0.2, 0.25) is 0 Å². The Balaban J connectivity index is 1.72. The van der Waals surface area contributed by atoms with E-state index < -0.39 is 0 Å². The molecule has 1 atom stereocenters. The van der Waals surface area contributed by atoms with Crippen molar-refractivity contribution in [2.24, 2.45) is 0 Å². The van der Waals surface area contributed by atoms with Crippen molar-refractivity contribution < 1.29 is 0 Å². The summed E-state index contributed by atoms with van der Waals surface area (Å²) < 4.78 is 0. The fourth-order valence-electron chi connectivity index (χ4n) is 2.61. The number of likely N-dealkylation sites (tertiary alicyclic amines) is 1. The fourth-order valence-corrected chi connectivity index (χ4v) is 3.54. The van der Waals surface area contributed by atoms with E-state index in [4.69, 9.17) is 0 Å². The van der Waals surface area contributed by atoms with E-state index in [-0.39, 0.29) is 0 Å². The number of thiophene rings is 1. The maximum atomic E-state index is 3.61. The second-order valence-electron chi connectivity index (χ2n) is 4.78. The third-order valence-electron chi connectivity index (χ3n) is 3.65. The van der Waals surface area contributed by atoms with Gasteiger partial charge in [0, 0.05) is 28.9 Å². The van der Waals surface area contributed by atoms with Gasteiger partial charge in [-0.15, -0.1) is 11.3 Å². The predicted molar refractivity (Wildman–Crippen MR) is 75.7 cm³/mol. The minimum absolute atomic E-state index is 0.769. The summed E-state index contributed by atoms with van der Waals surface area (Å²) in [5, 5.41) is 3.61. The molecule has 0 bridgehead atoms. The number of likely N-dealkylation sites (N-methyl/N-ethyl adjacent to an activating group) is 1. The van der Waals surface area contributed by atoms with Crippen molar-refractivity contribution in [2.75, 3.05) is 19.6 Å². The third kappa shape index (κ3) is 3.54. The highest BCUT2D eigenvalue weighted by Gasteiger charge is 2.21. The molecule has 2 rings (SSSR count). The molecule has 1 aliphatic rings. The molecule has 17 heavy (non-hydrogen) atoms. The zero-order valence-corrected chi connectivity index (χ0v) is 11.9. The SMILES string of the molecule is CCc1ccc(CNCC2CCCN2CC)s1. The summed E-state index contributed by atoms with van der Waals surface area (Å²) in [4.78, 5) is 5.57. The maximum Gasteiger partial charge on any atom is 0.0300 e. The smallest absolute Gasteiger partial charge is 0.0300 e. The van der Waals surface area contributed by atoms with Gasteiger partial charge in [0.2, 0.25) is 0 Å². The summed E-state index contributed by atoms with van der Waals surface area (Å²) in [5.74, 6) is 0. The first kappa shape index (κ1) is 13.1. The summed E-state index contributed by atoms with van der Waals surface area (Å²) in [6.07, 6.45) is 3.90. The lowest BCUT2D eigenvalue weighted by molar-refractivity contribution is 0.260. The van der Waals surface area contributed by atoms with Crippen molar-refractivity contribution in [1.29, 1.82) is 0 Å². The minimum atomic E-state index is 0.769. The molecule has 1 aliphatic heterocycles. The van der Waals surface area contributed by atoms with Gasteiger partial charge in [-0.05, 0) is 44.5 Å². The van der Waals surface area contributed by atoms with Gasteiger partial charge in [0.15, 0.2) is 0 Å². The van der Waals surface area contributed by atoms with Crippen LogP contribution in [0.1, 0.15) is 36.4 Å². The molecule has 2 heterocycles. The molecule has 1 unspecified atom stereocenters. The van der Waals surface area contributed by atoms with Crippen LogP contribution in [0.4, 0.5) is 0 Å². The van der Waals surface area contributed by atoms with Crippen molar-refractivity contribution in [3.8, 4) is 0 Å². The van der Waals surface area contributed by atoms with E-state index in [1.807, 2.05) is 11.3 Å². The van der Waals surface area contributed by atoms with Crippen LogP contribution in [0.5, 0.6) is 0 Å². The molecule has 1 N–H and O–H groups in total. The normalized spacial score (nSPS) is 21.2. The molecule has 1 aromatic heterocycles. The molecule has 0 amide bonds. The average molecular weight is 252 g/mol. The highest BCUT2D eigenvalue weighted by atomic mass is 32.1. The van der Waals surface area contributed by atoms with Gasteiger partial charge in [0.1, 0.15) is 0 Å². The molecular formula is C14H24N2S. The first-order valence-electron chi connectivity index (χ1n) is 6.85. The summed E-state index contributed by atoms with van der Waals surface area (Å²) in [6, 6.07) is 5.30. The Hall–Kier alpha value is -0.380. The first-order chi connectivity index (χ1) is 8.33.